The predicted molar refractivity (Wildman–Crippen MR) is 105 cm³/mol. The van der Waals surface area contributed by atoms with Crippen LogP contribution in [-0.2, 0) is 13.1 Å². The van der Waals surface area contributed by atoms with Crippen LogP contribution in [0.4, 0.5) is 4.39 Å². The van der Waals surface area contributed by atoms with Crippen LogP contribution in [0.15, 0.2) is 73.1 Å². The van der Waals surface area contributed by atoms with Gasteiger partial charge in [-0.3, -0.25) is 14.8 Å². The topological polar surface area (TPSA) is 46.1 Å². The Labute approximate surface area is 161 Å². The van der Waals surface area contributed by atoms with Crippen LogP contribution in [0.5, 0.6) is 0 Å². The molecule has 0 saturated carbocycles. The Hall–Kier alpha value is -3.60. The van der Waals surface area contributed by atoms with E-state index >= 15 is 0 Å². The van der Waals surface area contributed by atoms with Crippen molar-refractivity contribution >= 4 is 16.8 Å². The van der Waals surface area contributed by atoms with Crippen molar-refractivity contribution in [3.05, 3.63) is 95.7 Å². The zero-order chi connectivity index (χ0) is 19.1. The van der Waals surface area contributed by atoms with Crippen LogP contribution < -0.4 is 0 Å². The van der Waals surface area contributed by atoms with Gasteiger partial charge in [0.1, 0.15) is 11.5 Å². The summed E-state index contributed by atoms with van der Waals surface area (Å²) in [5.74, 6) is -0.486. The van der Waals surface area contributed by atoms with Crippen LogP contribution in [0.2, 0.25) is 0 Å². The molecule has 0 bridgehead atoms. The number of para-hydroxylation sites is 1. The molecule has 0 unspecified atom stereocenters. The van der Waals surface area contributed by atoms with Crippen molar-refractivity contribution in [2.45, 2.75) is 13.1 Å². The number of rotatable bonds is 3. The number of pyridine rings is 2. The predicted octanol–water partition coefficient (Wildman–Crippen LogP) is 4.59. The lowest BCUT2D eigenvalue weighted by atomic mass is 10.0. The Morgan fingerprint density at radius 2 is 1.86 bits per heavy atom. The molecule has 1 aliphatic heterocycles. The lowest BCUT2D eigenvalue weighted by Crippen LogP contribution is -2.24. The monoisotopic (exact) mass is 369 g/mol. The fourth-order valence-corrected chi connectivity index (χ4v) is 3.60. The van der Waals surface area contributed by atoms with E-state index in [2.05, 4.69) is 9.97 Å². The van der Waals surface area contributed by atoms with E-state index in [1.165, 1.54) is 6.07 Å². The second kappa shape index (κ2) is 6.53. The standard InChI is InChI=1S/C23H16FN3O/c24-20-11-15(19-10-16-4-1-2-6-21(16)26-12-19)7-8-17(20)13-27-14-18-5-3-9-25-22(18)23(27)28/h1-12H,13-14H2. The highest BCUT2D eigenvalue weighted by Crippen LogP contribution is 2.27. The highest BCUT2D eigenvalue weighted by atomic mass is 19.1. The van der Waals surface area contributed by atoms with Gasteiger partial charge in [-0.05, 0) is 29.8 Å². The average Bonchev–Trinajstić information content (AvgIpc) is 3.05. The third kappa shape index (κ3) is 2.81. The van der Waals surface area contributed by atoms with Gasteiger partial charge in [-0.15, -0.1) is 0 Å². The first-order valence-corrected chi connectivity index (χ1v) is 9.06. The van der Waals surface area contributed by atoms with E-state index in [1.54, 1.807) is 23.4 Å². The van der Waals surface area contributed by atoms with Crippen molar-refractivity contribution in [2.75, 3.05) is 0 Å². The number of fused-ring (bicyclic) bond motifs is 2. The van der Waals surface area contributed by atoms with Gasteiger partial charge in [-0.25, -0.2) is 4.39 Å². The number of hydrogen-bond acceptors (Lipinski definition) is 3. The molecule has 0 fully saturated rings. The molecule has 2 aromatic carbocycles. The van der Waals surface area contributed by atoms with Crippen LogP contribution >= 0.6 is 0 Å². The molecule has 28 heavy (non-hydrogen) atoms. The van der Waals surface area contributed by atoms with Crippen LogP contribution in [0.25, 0.3) is 22.0 Å². The first-order chi connectivity index (χ1) is 13.7. The SMILES string of the molecule is O=C1c2ncccc2CN1Cc1ccc(-c2cnc3ccccc3c2)cc1F. The lowest BCUT2D eigenvalue weighted by molar-refractivity contribution is 0.0761. The van der Waals surface area contributed by atoms with E-state index in [-0.39, 0.29) is 18.3 Å². The molecule has 0 radical (unpaired) electrons. The third-order valence-corrected chi connectivity index (χ3v) is 5.08. The maximum absolute atomic E-state index is 14.8. The van der Waals surface area contributed by atoms with Crippen molar-refractivity contribution in [3.63, 3.8) is 0 Å². The second-order valence-electron chi connectivity index (χ2n) is 6.90. The zero-order valence-corrected chi connectivity index (χ0v) is 15.0. The summed E-state index contributed by atoms with van der Waals surface area (Å²) in [4.78, 5) is 22.7. The summed E-state index contributed by atoms with van der Waals surface area (Å²) in [6.07, 6.45) is 3.36. The molecule has 5 rings (SSSR count). The van der Waals surface area contributed by atoms with E-state index in [4.69, 9.17) is 0 Å². The van der Waals surface area contributed by atoms with Crippen LogP contribution in [0, 0.1) is 5.82 Å². The van der Waals surface area contributed by atoms with E-state index in [9.17, 15) is 9.18 Å². The van der Waals surface area contributed by atoms with E-state index < -0.39 is 0 Å². The Balaban J connectivity index is 1.41. The molecular formula is C23H16FN3O. The molecule has 3 heterocycles. The lowest BCUT2D eigenvalue weighted by Gasteiger charge is -2.16. The summed E-state index contributed by atoms with van der Waals surface area (Å²) in [5, 5.41) is 1.01. The Morgan fingerprint density at radius 1 is 0.964 bits per heavy atom. The molecule has 4 nitrogen and oxygen atoms in total. The van der Waals surface area contributed by atoms with Gasteiger partial charge in [-0.2, -0.15) is 0 Å². The van der Waals surface area contributed by atoms with Gasteiger partial charge in [0.25, 0.3) is 5.91 Å². The Bertz CT molecular complexity index is 1220. The van der Waals surface area contributed by atoms with Crippen LogP contribution in [-0.4, -0.2) is 20.8 Å². The maximum Gasteiger partial charge on any atom is 0.273 e. The largest absolute Gasteiger partial charge is 0.328 e. The summed E-state index contributed by atoms with van der Waals surface area (Å²) in [7, 11) is 0. The highest BCUT2D eigenvalue weighted by Gasteiger charge is 2.28. The number of carbonyl (C=O) groups is 1. The van der Waals surface area contributed by atoms with Gasteiger partial charge in [0, 0.05) is 47.6 Å². The molecule has 2 aromatic heterocycles. The van der Waals surface area contributed by atoms with E-state index in [0.29, 0.717) is 17.8 Å². The van der Waals surface area contributed by atoms with Crippen molar-refractivity contribution in [1.29, 1.82) is 0 Å². The first-order valence-electron chi connectivity index (χ1n) is 9.06. The van der Waals surface area contributed by atoms with Gasteiger partial charge >= 0.3 is 0 Å². The summed E-state index contributed by atoms with van der Waals surface area (Å²) in [6.45, 7) is 0.676. The number of aromatic nitrogens is 2. The minimum Gasteiger partial charge on any atom is -0.328 e. The fourth-order valence-electron chi connectivity index (χ4n) is 3.60. The zero-order valence-electron chi connectivity index (χ0n) is 15.0. The molecular weight excluding hydrogens is 353 g/mol. The smallest absolute Gasteiger partial charge is 0.273 e. The fraction of sp³-hybridized carbons (Fsp3) is 0.0870. The molecule has 1 aliphatic rings. The maximum atomic E-state index is 14.8. The third-order valence-electron chi connectivity index (χ3n) is 5.08. The van der Waals surface area contributed by atoms with E-state index in [0.717, 1.165) is 27.6 Å². The normalized spacial score (nSPS) is 13.2. The molecule has 0 N–H and O–H groups in total. The number of benzene rings is 2. The second-order valence-corrected chi connectivity index (χ2v) is 6.90. The molecule has 4 aromatic rings. The number of halogens is 1. The summed E-state index contributed by atoms with van der Waals surface area (Å²) >= 11 is 0. The number of nitrogens with zero attached hydrogens (tertiary/aromatic N) is 3. The van der Waals surface area contributed by atoms with Crippen molar-refractivity contribution < 1.29 is 9.18 Å². The molecule has 5 heteroatoms. The molecule has 0 atom stereocenters. The minimum atomic E-state index is -0.331. The summed E-state index contributed by atoms with van der Waals surface area (Å²) in [5.41, 5.74) is 4.35. The quantitative estimate of drug-likeness (QED) is 0.531. The van der Waals surface area contributed by atoms with Gasteiger partial charge in [0.15, 0.2) is 0 Å². The van der Waals surface area contributed by atoms with Crippen LogP contribution in [0.1, 0.15) is 21.6 Å². The summed E-state index contributed by atoms with van der Waals surface area (Å²) < 4.78 is 14.8. The van der Waals surface area contributed by atoms with Gasteiger partial charge in [0.2, 0.25) is 0 Å². The number of amides is 1. The average molecular weight is 369 g/mol. The molecule has 0 aliphatic carbocycles. The van der Waals surface area contributed by atoms with Gasteiger partial charge < -0.3 is 4.90 Å². The molecule has 1 amide bonds. The first kappa shape index (κ1) is 16.6. The van der Waals surface area contributed by atoms with Crippen molar-refractivity contribution in [1.82, 2.24) is 14.9 Å². The van der Waals surface area contributed by atoms with Crippen molar-refractivity contribution in [3.8, 4) is 11.1 Å². The highest BCUT2D eigenvalue weighted by molar-refractivity contribution is 5.96. The van der Waals surface area contributed by atoms with Gasteiger partial charge in [-0.1, -0.05) is 36.4 Å². The van der Waals surface area contributed by atoms with Gasteiger partial charge in [0.05, 0.1) is 5.52 Å². The van der Waals surface area contributed by atoms with Crippen molar-refractivity contribution in [2.24, 2.45) is 0 Å². The van der Waals surface area contributed by atoms with Crippen LogP contribution in [0.3, 0.4) is 0 Å². The minimum absolute atomic E-state index is 0.155. The molecule has 136 valence electrons. The molecule has 0 spiro atoms. The summed E-state index contributed by atoms with van der Waals surface area (Å²) in [6, 6.07) is 18.6. The molecule has 0 saturated heterocycles. The van der Waals surface area contributed by atoms with E-state index in [1.807, 2.05) is 48.5 Å². The Kier molecular flexibility index (Phi) is 3.86. The number of hydrogen-bond donors (Lipinski definition) is 0. The Morgan fingerprint density at radius 3 is 2.71 bits per heavy atom. The number of carbonyl (C=O) groups excluding carboxylic acids is 1.